The van der Waals surface area contributed by atoms with Gasteiger partial charge in [-0.3, -0.25) is 0 Å². The second-order valence-corrected chi connectivity index (χ2v) is 4.92. The molecule has 1 aliphatic carbocycles. The molecule has 1 N–H and O–H groups in total. The first kappa shape index (κ1) is 13.2. The van der Waals surface area contributed by atoms with Gasteiger partial charge in [-0.2, -0.15) is 0 Å². The minimum atomic E-state index is -0.203. The van der Waals surface area contributed by atoms with Crippen LogP contribution in [-0.4, -0.2) is 24.9 Å². The highest BCUT2D eigenvalue weighted by molar-refractivity contribution is 5.31. The second-order valence-electron chi connectivity index (χ2n) is 4.92. The van der Waals surface area contributed by atoms with E-state index in [2.05, 4.69) is 0 Å². The summed E-state index contributed by atoms with van der Waals surface area (Å²) in [7, 11) is 1.65. The standard InChI is InChI=1S/C15H22O3/c1-17-13-6-8-14(9-7-13)18-11-10-15(16)12-4-2-3-5-12/h6-9,12,15-16H,2-5,10-11H2,1H3. The van der Waals surface area contributed by atoms with Gasteiger partial charge in [0.05, 0.1) is 19.8 Å². The summed E-state index contributed by atoms with van der Waals surface area (Å²) in [6, 6.07) is 7.53. The highest BCUT2D eigenvalue weighted by atomic mass is 16.5. The van der Waals surface area contributed by atoms with E-state index >= 15 is 0 Å². The van der Waals surface area contributed by atoms with Crippen LogP contribution in [0.5, 0.6) is 11.5 Å². The molecule has 3 nitrogen and oxygen atoms in total. The van der Waals surface area contributed by atoms with Crippen molar-refractivity contribution in [3.8, 4) is 11.5 Å². The maximum absolute atomic E-state index is 10.0. The third kappa shape index (κ3) is 3.64. The molecule has 1 saturated carbocycles. The first-order chi connectivity index (χ1) is 8.79. The van der Waals surface area contributed by atoms with Crippen molar-refractivity contribution < 1.29 is 14.6 Å². The molecule has 0 aromatic heterocycles. The zero-order valence-corrected chi connectivity index (χ0v) is 11.0. The average molecular weight is 250 g/mol. The molecule has 0 spiro atoms. The zero-order chi connectivity index (χ0) is 12.8. The number of methoxy groups -OCH3 is 1. The summed E-state index contributed by atoms with van der Waals surface area (Å²) in [4.78, 5) is 0. The first-order valence-electron chi connectivity index (χ1n) is 6.74. The van der Waals surface area contributed by atoms with E-state index in [-0.39, 0.29) is 6.10 Å². The van der Waals surface area contributed by atoms with Gasteiger partial charge in [-0.15, -0.1) is 0 Å². The quantitative estimate of drug-likeness (QED) is 0.843. The molecule has 1 atom stereocenters. The van der Waals surface area contributed by atoms with Crippen LogP contribution in [0.4, 0.5) is 0 Å². The highest BCUT2D eigenvalue weighted by Gasteiger charge is 2.22. The largest absolute Gasteiger partial charge is 0.497 e. The molecule has 1 aliphatic rings. The van der Waals surface area contributed by atoms with Gasteiger partial charge in [-0.1, -0.05) is 12.8 Å². The third-order valence-corrected chi connectivity index (χ3v) is 3.69. The summed E-state index contributed by atoms with van der Waals surface area (Å²) in [5.74, 6) is 2.15. The van der Waals surface area contributed by atoms with Crippen LogP contribution in [0.1, 0.15) is 32.1 Å². The van der Waals surface area contributed by atoms with E-state index in [0.29, 0.717) is 12.5 Å². The van der Waals surface area contributed by atoms with E-state index in [4.69, 9.17) is 9.47 Å². The van der Waals surface area contributed by atoms with Crippen LogP contribution in [0, 0.1) is 5.92 Å². The van der Waals surface area contributed by atoms with Crippen molar-refractivity contribution in [2.75, 3.05) is 13.7 Å². The Bertz CT molecular complexity index is 341. The van der Waals surface area contributed by atoms with E-state index in [1.54, 1.807) is 7.11 Å². The Labute approximate surface area is 109 Å². The molecule has 1 fully saturated rings. The number of ether oxygens (including phenoxy) is 2. The molecule has 18 heavy (non-hydrogen) atoms. The summed E-state index contributed by atoms with van der Waals surface area (Å²) in [5, 5.41) is 10.0. The van der Waals surface area contributed by atoms with Crippen LogP contribution in [0.15, 0.2) is 24.3 Å². The lowest BCUT2D eigenvalue weighted by molar-refractivity contribution is 0.0853. The van der Waals surface area contributed by atoms with E-state index < -0.39 is 0 Å². The number of hydrogen-bond donors (Lipinski definition) is 1. The van der Waals surface area contributed by atoms with Crippen molar-refractivity contribution in [2.24, 2.45) is 5.92 Å². The van der Waals surface area contributed by atoms with Crippen LogP contribution in [-0.2, 0) is 0 Å². The first-order valence-corrected chi connectivity index (χ1v) is 6.74. The smallest absolute Gasteiger partial charge is 0.119 e. The molecular formula is C15H22O3. The predicted octanol–water partition coefficient (Wildman–Crippen LogP) is 3.02. The monoisotopic (exact) mass is 250 g/mol. The van der Waals surface area contributed by atoms with Crippen LogP contribution < -0.4 is 9.47 Å². The number of aliphatic hydroxyl groups excluding tert-OH is 1. The van der Waals surface area contributed by atoms with Crippen molar-refractivity contribution >= 4 is 0 Å². The zero-order valence-electron chi connectivity index (χ0n) is 11.0. The van der Waals surface area contributed by atoms with Crippen LogP contribution in [0.3, 0.4) is 0 Å². The van der Waals surface area contributed by atoms with Crippen molar-refractivity contribution in [2.45, 2.75) is 38.2 Å². The third-order valence-electron chi connectivity index (χ3n) is 3.69. The summed E-state index contributed by atoms with van der Waals surface area (Å²) < 4.78 is 10.7. The van der Waals surface area contributed by atoms with E-state index in [1.165, 1.54) is 25.7 Å². The fourth-order valence-electron chi connectivity index (χ4n) is 2.55. The van der Waals surface area contributed by atoms with Gasteiger partial charge in [0.15, 0.2) is 0 Å². The molecule has 1 unspecified atom stereocenters. The van der Waals surface area contributed by atoms with Gasteiger partial charge < -0.3 is 14.6 Å². The summed E-state index contributed by atoms with van der Waals surface area (Å²) in [6.07, 6.45) is 5.39. The molecular weight excluding hydrogens is 228 g/mol. The van der Waals surface area contributed by atoms with Crippen molar-refractivity contribution in [1.82, 2.24) is 0 Å². The fourth-order valence-corrected chi connectivity index (χ4v) is 2.55. The van der Waals surface area contributed by atoms with Gasteiger partial charge in [-0.25, -0.2) is 0 Å². The minimum Gasteiger partial charge on any atom is -0.497 e. The van der Waals surface area contributed by atoms with Gasteiger partial charge in [0, 0.05) is 6.42 Å². The molecule has 0 aliphatic heterocycles. The molecule has 1 aromatic rings. The van der Waals surface area contributed by atoms with E-state index in [0.717, 1.165) is 17.9 Å². The Hall–Kier alpha value is -1.22. The van der Waals surface area contributed by atoms with Crippen molar-refractivity contribution in [3.63, 3.8) is 0 Å². The van der Waals surface area contributed by atoms with Crippen molar-refractivity contribution in [3.05, 3.63) is 24.3 Å². The summed E-state index contributed by atoms with van der Waals surface area (Å²) in [5.41, 5.74) is 0. The molecule has 0 heterocycles. The molecule has 0 saturated heterocycles. The van der Waals surface area contributed by atoms with E-state index in [9.17, 15) is 5.11 Å². The van der Waals surface area contributed by atoms with Crippen LogP contribution >= 0.6 is 0 Å². The predicted molar refractivity (Wildman–Crippen MR) is 71.1 cm³/mol. The number of hydrogen-bond acceptors (Lipinski definition) is 3. The van der Waals surface area contributed by atoms with Crippen molar-refractivity contribution in [1.29, 1.82) is 0 Å². The highest BCUT2D eigenvalue weighted by Crippen LogP contribution is 2.29. The lowest BCUT2D eigenvalue weighted by Gasteiger charge is -2.17. The molecule has 100 valence electrons. The minimum absolute atomic E-state index is 0.203. The Kier molecular flexibility index (Phi) is 4.88. The second kappa shape index (κ2) is 6.64. The molecule has 1 aromatic carbocycles. The maximum Gasteiger partial charge on any atom is 0.119 e. The van der Waals surface area contributed by atoms with Gasteiger partial charge in [0.25, 0.3) is 0 Å². The molecule has 0 bridgehead atoms. The normalized spacial score (nSPS) is 17.7. The summed E-state index contributed by atoms with van der Waals surface area (Å²) in [6.45, 7) is 0.573. The Morgan fingerprint density at radius 3 is 2.39 bits per heavy atom. The van der Waals surface area contributed by atoms with Crippen LogP contribution in [0.25, 0.3) is 0 Å². The number of aliphatic hydroxyl groups is 1. The van der Waals surface area contributed by atoms with Gasteiger partial charge in [-0.05, 0) is 43.0 Å². The SMILES string of the molecule is COc1ccc(OCCC(O)C2CCCC2)cc1. The molecule has 2 rings (SSSR count). The molecule has 0 radical (unpaired) electrons. The molecule has 3 heteroatoms. The van der Waals surface area contributed by atoms with Gasteiger partial charge in [0.1, 0.15) is 11.5 Å². The maximum atomic E-state index is 10.0. The number of rotatable bonds is 6. The van der Waals surface area contributed by atoms with Crippen LogP contribution in [0.2, 0.25) is 0 Å². The number of benzene rings is 1. The Morgan fingerprint density at radius 2 is 1.78 bits per heavy atom. The van der Waals surface area contributed by atoms with Gasteiger partial charge in [0.2, 0.25) is 0 Å². The lowest BCUT2D eigenvalue weighted by Crippen LogP contribution is -2.20. The Balaban J connectivity index is 1.70. The fraction of sp³-hybridized carbons (Fsp3) is 0.600. The topological polar surface area (TPSA) is 38.7 Å². The van der Waals surface area contributed by atoms with E-state index in [1.807, 2.05) is 24.3 Å². The molecule has 0 amide bonds. The average Bonchev–Trinajstić information content (AvgIpc) is 2.93. The Morgan fingerprint density at radius 1 is 1.17 bits per heavy atom. The lowest BCUT2D eigenvalue weighted by atomic mass is 9.99. The summed E-state index contributed by atoms with van der Waals surface area (Å²) >= 11 is 0. The van der Waals surface area contributed by atoms with Gasteiger partial charge >= 0.3 is 0 Å².